The Morgan fingerprint density at radius 1 is 0.288 bits per heavy atom. The van der Waals surface area contributed by atoms with Crippen LogP contribution < -0.4 is 0 Å². The molecule has 4 aromatic heterocycles. The summed E-state index contributed by atoms with van der Waals surface area (Å²) in [6.07, 6.45) is 14.8. The summed E-state index contributed by atoms with van der Waals surface area (Å²) >= 11 is 0. The lowest BCUT2D eigenvalue weighted by Crippen LogP contribution is -2.32. The predicted octanol–water partition coefficient (Wildman–Crippen LogP) is 11.9. The molecule has 4 atom stereocenters. The third-order valence-corrected chi connectivity index (χ3v) is 12.5. The summed E-state index contributed by atoms with van der Waals surface area (Å²) in [5.41, 5.74) is 5.01. The lowest BCUT2D eigenvalue weighted by Gasteiger charge is -2.44. The van der Waals surface area contributed by atoms with Gasteiger partial charge in [0.2, 0.25) is 0 Å². The number of rotatable bonds is 5. The average molecular weight is 675 g/mol. The normalized spacial score (nSPS) is 23.7. The van der Waals surface area contributed by atoms with E-state index >= 15 is 0 Å². The topological polar surface area (TPSA) is 51.6 Å². The molecular formula is C48H42N4. The predicted molar refractivity (Wildman–Crippen MR) is 213 cm³/mol. The molecule has 254 valence electrons. The molecule has 52 heavy (non-hydrogen) atoms. The van der Waals surface area contributed by atoms with Crippen molar-refractivity contribution in [3.05, 3.63) is 169 Å². The van der Waals surface area contributed by atoms with Crippen LogP contribution in [0.1, 0.15) is 85.0 Å². The van der Waals surface area contributed by atoms with E-state index in [1.54, 1.807) is 0 Å². The Hall–Kier alpha value is -5.48. The molecule has 2 aliphatic carbocycles. The summed E-state index contributed by atoms with van der Waals surface area (Å²) in [4.78, 5) is 20.6. The van der Waals surface area contributed by atoms with Crippen molar-refractivity contribution in [1.82, 2.24) is 19.9 Å². The summed E-state index contributed by atoms with van der Waals surface area (Å²) in [7, 11) is 0. The van der Waals surface area contributed by atoms with Gasteiger partial charge in [-0.25, -0.2) is 0 Å². The molecule has 0 bridgehead atoms. The smallest absolute Gasteiger partial charge is 0.0513 e. The molecule has 10 rings (SSSR count). The van der Waals surface area contributed by atoms with Crippen LogP contribution in [0, 0.1) is 11.8 Å². The highest BCUT2D eigenvalue weighted by molar-refractivity contribution is 5.87. The van der Waals surface area contributed by atoms with E-state index in [0.717, 1.165) is 38.5 Å². The zero-order valence-electron chi connectivity index (χ0n) is 29.4. The van der Waals surface area contributed by atoms with Crippen LogP contribution in [-0.4, -0.2) is 19.9 Å². The van der Waals surface area contributed by atoms with Gasteiger partial charge in [0.05, 0.1) is 22.8 Å². The van der Waals surface area contributed by atoms with Gasteiger partial charge < -0.3 is 0 Å². The van der Waals surface area contributed by atoms with E-state index in [9.17, 15) is 0 Å². The van der Waals surface area contributed by atoms with Crippen molar-refractivity contribution < 1.29 is 0 Å². The zero-order chi connectivity index (χ0) is 34.4. The van der Waals surface area contributed by atoms with Gasteiger partial charge in [-0.2, -0.15) is 0 Å². The number of pyridine rings is 4. The van der Waals surface area contributed by atoms with Crippen LogP contribution in [0.25, 0.3) is 43.1 Å². The fraction of sp³-hybridized carbons (Fsp3) is 0.250. The number of hydrogen-bond donors (Lipinski definition) is 0. The summed E-state index contributed by atoms with van der Waals surface area (Å²) in [5.74, 6) is 2.42. The Morgan fingerprint density at radius 3 is 0.808 bits per heavy atom. The second-order valence-electron chi connectivity index (χ2n) is 15.4. The highest BCUT2D eigenvalue weighted by atomic mass is 14.7. The standard InChI is InChI=1S/C48H42N4/c1-5-13-41-31(9-1)17-21-49-45(41)37-25-35(26-38(29-37)46-42-14-6-2-10-32(42)18-22-50-46)36-27-39(47-43-15-7-3-11-33(43)19-23-51-47)30-40(28-36)48-44-16-8-4-12-34(44)20-24-52-48/h1-24,35-40H,25-30H2. The van der Waals surface area contributed by atoms with E-state index in [1.165, 1.54) is 65.9 Å². The third kappa shape index (κ3) is 5.62. The van der Waals surface area contributed by atoms with Crippen LogP contribution in [0.3, 0.4) is 0 Å². The van der Waals surface area contributed by atoms with E-state index in [4.69, 9.17) is 19.9 Å². The van der Waals surface area contributed by atoms with Crippen LogP contribution in [0.5, 0.6) is 0 Å². The Bertz CT molecular complexity index is 2190. The van der Waals surface area contributed by atoms with Crippen LogP contribution >= 0.6 is 0 Å². The second kappa shape index (κ2) is 13.2. The SMILES string of the molecule is c1ccc2c(C3CC(c4nccc5ccccc45)CC(C4CC(c5nccc6ccccc56)CC(c5nccc6ccccc56)C4)C3)nccc2c1. The number of hydrogen-bond acceptors (Lipinski definition) is 4. The van der Waals surface area contributed by atoms with Crippen LogP contribution in [0.2, 0.25) is 0 Å². The van der Waals surface area contributed by atoms with E-state index in [1.807, 2.05) is 24.8 Å². The fourth-order valence-electron chi connectivity index (χ4n) is 10.3. The quantitative estimate of drug-likeness (QED) is 0.182. The lowest BCUT2D eigenvalue weighted by atomic mass is 9.61. The Labute approximate surface area is 305 Å². The highest BCUT2D eigenvalue weighted by Gasteiger charge is 2.42. The first kappa shape index (κ1) is 31.3. The molecule has 4 heterocycles. The molecule has 0 spiro atoms. The number of nitrogens with zero attached hydrogens (tertiary/aromatic N) is 4. The van der Waals surface area contributed by atoms with Crippen molar-refractivity contribution in [1.29, 1.82) is 0 Å². The maximum atomic E-state index is 5.15. The maximum absolute atomic E-state index is 5.15. The first-order chi connectivity index (χ1) is 25.8. The highest BCUT2D eigenvalue weighted by Crippen LogP contribution is 2.54. The molecule has 4 aromatic carbocycles. The minimum absolute atomic E-state index is 0.348. The molecule has 4 nitrogen and oxygen atoms in total. The van der Waals surface area contributed by atoms with Crippen molar-refractivity contribution >= 4 is 43.1 Å². The minimum Gasteiger partial charge on any atom is -0.260 e. The van der Waals surface area contributed by atoms with Crippen molar-refractivity contribution in [2.24, 2.45) is 11.8 Å². The van der Waals surface area contributed by atoms with E-state index in [-0.39, 0.29) is 0 Å². The Balaban J connectivity index is 1.10. The largest absolute Gasteiger partial charge is 0.260 e. The lowest BCUT2D eigenvalue weighted by molar-refractivity contribution is 0.145. The summed E-state index contributed by atoms with van der Waals surface area (Å²) in [6.45, 7) is 0. The Morgan fingerprint density at radius 2 is 0.538 bits per heavy atom. The maximum Gasteiger partial charge on any atom is 0.0513 e. The molecular weight excluding hydrogens is 633 g/mol. The monoisotopic (exact) mass is 674 g/mol. The number of aromatic nitrogens is 4. The van der Waals surface area contributed by atoms with E-state index < -0.39 is 0 Å². The van der Waals surface area contributed by atoms with Gasteiger partial charge in [0.1, 0.15) is 0 Å². The zero-order valence-corrected chi connectivity index (χ0v) is 29.4. The number of fused-ring (bicyclic) bond motifs is 4. The third-order valence-electron chi connectivity index (χ3n) is 12.5. The van der Waals surface area contributed by atoms with Crippen LogP contribution in [0.4, 0.5) is 0 Å². The van der Waals surface area contributed by atoms with Gasteiger partial charge in [-0.05, 0) is 96.2 Å². The second-order valence-corrected chi connectivity index (χ2v) is 15.4. The van der Waals surface area contributed by atoms with Gasteiger partial charge in [-0.1, -0.05) is 97.1 Å². The average Bonchev–Trinajstić information content (AvgIpc) is 3.22. The molecule has 0 amide bonds. The van der Waals surface area contributed by atoms with Gasteiger partial charge >= 0.3 is 0 Å². The fourth-order valence-corrected chi connectivity index (χ4v) is 10.3. The molecule has 4 unspecified atom stereocenters. The van der Waals surface area contributed by atoms with Gasteiger partial charge in [-0.15, -0.1) is 0 Å². The van der Waals surface area contributed by atoms with Gasteiger partial charge in [0, 0.05) is 70.0 Å². The van der Waals surface area contributed by atoms with Gasteiger partial charge in [0.25, 0.3) is 0 Å². The first-order valence-corrected chi connectivity index (χ1v) is 19.1. The summed E-state index contributed by atoms with van der Waals surface area (Å²) in [5, 5.41) is 10.3. The van der Waals surface area contributed by atoms with Crippen molar-refractivity contribution in [2.45, 2.75) is 62.2 Å². The molecule has 2 saturated carbocycles. The molecule has 0 N–H and O–H groups in total. The molecule has 4 heteroatoms. The Kier molecular flexibility index (Phi) is 7.97. The van der Waals surface area contributed by atoms with Gasteiger partial charge in [0.15, 0.2) is 0 Å². The first-order valence-electron chi connectivity index (χ1n) is 19.1. The van der Waals surface area contributed by atoms with E-state index in [0.29, 0.717) is 35.5 Å². The van der Waals surface area contributed by atoms with Gasteiger partial charge in [-0.3, -0.25) is 19.9 Å². The summed E-state index contributed by atoms with van der Waals surface area (Å²) in [6, 6.07) is 43.9. The van der Waals surface area contributed by atoms with Crippen LogP contribution in [0.15, 0.2) is 146 Å². The summed E-state index contributed by atoms with van der Waals surface area (Å²) < 4.78 is 0. The molecule has 0 aliphatic heterocycles. The van der Waals surface area contributed by atoms with Crippen LogP contribution in [-0.2, 0) is 0 Å². The molecule has 0 radical (unpaired) electrons. The molecule has 2 aliphatic rings. The van der Waals surface area contributed by atoms with E-state index in [2.05, 4.69) is 121 Å². The minimum atomic E-state index is 0.348. The molecule has 2 fully saturated rings. The molecule has 0 saturated heterocycles. The molecule has 8 aromatic rings. The van der Waals surface area contributed by atoms with Crippen molar-refractivity contribution in [2.75, 3.05) is 0 Å². The van der Waals surface area contributed by atoms with Crippen molar-refractivity contribution in [3.63, 3.8) is 0 Å². The van der Waals surface area contributed by atoms with Crippen molar-refractivity contribution in [3.8, 4) is 0 Å². The number of benzene rings is 4.